The molecule has 0 fully saturated rings. The molecule has 0 spiro atoms. The number of halogens is 5. The van der Waals surface area contributed by atoms with E-state index in [1.54, 1.807) is 55.5 Å². The summed E-state index contributed by atoms with van der Waals surface area (Å²) < 4.78 is 70.9. The minimum absolute atomic E-state index is 0.0687. The topological polar surface area (TPSA) is 86.8 Å². The quantitative estimate of drug-likeness (QED) is 0.151. The average molecular weight is 735 g/mol. The first-order valence-electron chi connectivity index (χ1n) is 15.4. The predicted octanol–water partition coefficient (Wildman–Crippen LogP) is 8.07. The van der Waals surface area contributed by atoms with Crippen molar-refractivity contribution in [3.05, 3.63) is 129 Å². The van der Waals surface area contributed by atoms with Gasteiger partial charge in [0, 0.05) is 24.0 Å². The molecule has 0 radical (unpaired) electrons. The standard InChI is InChI=1S/C36H36Cl2F3N3O4S/c1-4-25(3)42-35(46)33(20-26-9-6-5-7-10-26)43(22-27-11-8-12-28(37)19-27)34(45)23-44(49(47,48)30-16-13-24(2)14-17-30)29-15-18-32(38)31(21-29)36(39,40)41/h5-19,21,25,33H,4,20,22-23H2,1-3H3,(H,42,46)/t25-,33+/m1/s1. The van der Waals surface area contributed by atoms with Gasteiger partial charge < -0.3 is 10.2 Å². The number of alkyl halides is 3. The van der Waals surface area contributed by atoms with E-state index in [9.17, 15) is 31.2 Å². The lowest BCUT2D eigenvalue weighted by Crippen LogP contribution is -2.54. The summed E-state index contributed by atoms with van der Waals surface area (Å²) in [7, 11) is -4.63. The zero-order chi connectivity index (χ0) is 35.9. The van der Waals surface area contributed by atoms with Crippen molar-refractivity contribution in [1.29, 1.82) is 0 Å². The number of hydrogen-bond donors (Lipinski definition) is 1. The van der Waals surface area contributed by atoms with Crippen LogP contribution in [0.4, 0.5) is 18.9 Å². The molecular formula is C36H36Cl2F3N3O4S. The lowest BCUT2D eigenvalue weighted by Gasteiger charge is -2.34. The van der Waals surface area contributed by atoms with Crippen LogP contribution in [-0.2, 0) is 38.8 Å². The Kier molecular flexibility index (Phi) is 12.4. The fraction of sp³-hybridized carbons (Fsp3) is 0.278. The highest BCUT2D eigenvalue weighted by Crippen LogP contribution is 2.38. The second kappa shape index (κ2) is 16.1. The van der Waals surface area contributed by atoms with E-state index in [2.05, 4.69) is 5.32 Å². The Hall–Kier alpha value is -4.06. The third-order valence-corrected chi connectivity index (χ3v) is 10.3. The van der Waals surface area contributed by atoms with Crippen molar-refractivity contribution >= 4 is 50.7 Å². The molecule has 2 amide bonds. The molecule has 13 heteroatoms. The van der Waals surface area contributed by atoms with Crippen LogP contribution in [0.2, 0.25) is 10.0 Å². The number of carbonyl (C=O) groups excluding carboxylic acids is 2. The normalized spacial score (nSPS) is 13.0. The van der Waals surface area contributed by atoms with Crippen LogP contribution < -0.4 is 9.62 Å². The number of nitrogens with one attached hydrogen (secondary N) is 1. The summed E-state index contributed by atoms with van der Waals surface area (Å²) in [6.45, 7) is 4.36. The highest BCUT2D eigenvalue weighted by Gasteiger charge is 2.38. The first-order chi connectivity index (χ1) is 23.1. The molecule has 4 aromatic carbocycles. The highest BCUT2D eigenvalue weighted by atomic mass is 35.5. The molecule has 0 bridgehead atoms. The summed E-state index contributed by atoms with van der Waals surface area (Å²) in [4.78, 5) is 29.5. The number of aryl methyl sites for hydroxylation is 1. The summed E-state index contributed by atoms with van der Waals surface area (Å²) in [5.41, 5.74) is 0.323. The largest absolute Gasteiger partial charge is 0.417 e. The van der Waals surface area contributed by atoms with Gasteiger partial charge in [0.1, 0.15) is 12.6 Å². The smallest absolute Gasteiger partial charge is 0.352 e. The van der Waals surface area contributed by atoms with Gasteiger partial charge in [0.05, 0.1) is 21.2 Å². The van der Waals surface area contributed by atoms with Crippen LogP contribution in [0.3, 0.4) is 0 Å². The third kappa shape index (κ3) is 9.77. The molecule has 1 N–H and O–H groups in total. The third-order valence-electron chi connectivity index (χ3n) is 7.95. The van der Waals surface area contributed by atoms with E-state index in [1.165, 1.54) is 29.2 Å². The van der Waals surface area contributed by atoms with Crippen LogP contribution in [0.15, 0.2) is 102 Å². The maximum Gasteiger partial charge on any atom is 0.417 e. The van der Waals surface area contributed by atoms with E-state index in [1.807, 2.05) is 19.9 Å². The van der Waals surface area contributed by atoms with Gasteiger partial charge in [0.15, 0.2) is 0 Å². The van der Waals surface area contributed by atoms with Crippen LogP contribution in [-0.4, -0.2) is 43.8 Å². The zero-order valence-corrected chi connectivity index (χ0v) is 29.4. The Bertz CT molecular complexity index is 1870. The molecule has 0 saturated heterocycles. The molecule has 0 aliphatic carbocycles. The average Bonchev–Trinajstić information content (AvgIpc) is 3.05. The van der Waals surface area contributed by atoms with Crippen molar-refractivity contribution in [2.24, 2.45) is 0 Å². The minimum atomic E-state index is -4.91. The summed E-state index contributed by atoms with van der Waals surface area (Å²) in [5, 5.41) is 2.67. The molecule has 0 aliphatic rings. The van der Waals surface area contributed by atoms with Gasteiger partial charge >= 0.3 is 6.18 Å². The monoisotopic (exact) mass is 733 g/mol. The van der Waals surface area contributed by atoms with E-state index >= 15 is 0 Å². The molecule has 0 unspecified atom stereocenters. The van der Waals surface area contributed by atoms with Gasteiger partial charge in [0.25, 0.3) is 10.0 Å². The molecular weight excluding hydrogens is 698 g/mol. The Morgan fingerprint density at radius 2 is 1.53 bits per heavy atom. The second-order valence-electron chi connectivity index (χ2n) is 11.7. The fourth-order valence-electron chi connectivity index (χ4n) is 5.08. The Balaban J connectivity index is 1.87. The molecule has 0 aromatic heterocycles. The molecule has 49 heavy (non-hydrogen) atoms. The van der Waals surface area contributed by atoms with Crippen molar-refractivity contribution in [3.63, 3.8) is 0 Å². The molecule has 0 heterocycles. The molecule has 0 aliphatic heterocycles. The SMILES string of the molecule is CC[C@@H](C)NC(=O)[C@H](Cc1ccccc1)N(Cc1cccc(Cl)c1)C(=O)CN(c1ccc(Cl)c(C(F)(F)F)c1)S(=O)(=O)c1ccc(C)cc1. The Labute approximate surface area is 294 Å². The number of sulfonamides is 1. The van der Waals surface area contributed by atoms with Crippen molar-refractivity contribution in [1.82, 2.24) is 10.2 Å². The summed E-state index contributed by atoms with van der Waals surface area (Å²) in [5.74, 6) is -1.31. The molecule has 260 valence electrons. The van der Waals surface area contributed by atoms with Crippen LogP contribution in [0.25, 0.3) is 0 Å². The lowest BCUT2D eigenvalue weighted by atomic mass is 10.0. The fourth-order valence-corrected chi connectivity index (χ4v) is 6.92. The van der Waals surface area contributed by atoms with Crippen molar-refractivity contribution in [2.45, 2.75) is 63.3 Å². The number of rotatable bonds is 13. The number of amides is 2. The van der Waals surface area contributed by atoms with Gasteiger partial charge in [-0.3, -0.25) is 13.9 Å². The van der Waals surface area contributed by atoms with Gasteiger partial charge in [-0.15, -0.1) is 0 Å². The van der Waals surface area contributed by atoms with Gasteiger partial charge in [-0.1, -0.05) is 90.3 Å². The Morgan fingerprint density at radius 3 is 2.14 bits per heavy atom. The molecule has 0 saturated carbocycles. The highest BCUT2D eigenvalue weighted by molar-refractivity contribution is 7.92. The van der Waals surface area contributed by atoms with Gasteiger partial charge in [-0.2, -0.15) is 13.2 Å². The molecule has 4 aromatic rings. The zero-order valence-electron chi connectivity index (χ0n) is 27.0. The van der Waals surface area contributed by atoms with E-state index in [0.717, 1.165) is 23.3 Å². The van der Waals surface area contributed by atoms with Crippen molar-refractivity contribution < 1.29 is 31.2 Å². The molecule has 4 rings (SSSR count). The number of anilines is 1. The number of carbonyl (C=O) groups is 2. The summed E-state index contributed by atoms with van der Waals surface area (Å²) in [6, 6.07) is 22.6. The van der Waals surface area contributed by atoms with E-state index in [-0.39, 0.29) is 23.9 Å². The van der Waals surface area contributed by atoms with Crippen LogP contribution in [0.5, 0.6) is 0 Å². The van der Waals surface area contributed by atoms with Crippen LogP contribution in [0, 0.1) is 6.92 Å². The van der Waals surface area contributed by atoms with Gasteiger partial charge in [-0.05, 0) is 73.9 Å². The Morgan fingerprint density at radius 1 is 0.878 bits per heavy atom. The van der Waals surface area contributed by atoms with E-state index in [4.69, 9.17) is 23.2 Å². The second-order valence-corrected chi connectivity index (χ2v) is 14.4. The number of nitrogens with zero attached hydrogens (tertiary/aromatic N) is 2. The van der Waals surface area contributed by atoms with Gasteiger partial charge in [0.2, 0.25) is 11.8 Å². The molecule has 2 atom stereocenters. The van der Waals surface area contributed by atoms with Gasteiger partial charge in [-0.25, -0.2) is 8.42 Å². The maximum atomic E-state index is 14.5. The maximum absolute atomic E-state index is 14.5. The first kappa shape index (κ1) is 37.8. The first-order valence-corrected chi connectivity index (χ1v) is 17.6. The number of hydrogen-bond acceptors (Lipinski definition) is 4. The summed E-state index contributed by atoms with van der Waals surface area (Å²) >= 11 is 12.1. The predicted molar refractivity (Wildman–Crippen MR) is 186 cm³/mol. The molecule has 7 nitrogen and oxygen atoms in total. The van der Waals surface area contributed by atoms with Crippen LogP contribution in [0.1, 0.15) is 42.5 Å². The number of benzene rings is 4. The summed E-state index contributed by atoms with van der Waals surface area (Å²) in [6.07, 6.45) is -4.24. The van der Waals surface area contributed by atoms with Crippen molar-refractivity contribution in [3.8, 4) is 0 Å². The van der Waals surface area contributed by atoms with Crippen molar-refractivity contribution in [2.75, 3.05) is 10.8 Å². The van der Waals surface area contributed by atoms with Crippen LogP contribution >= 0.6 is 23.2 Å². The van der Waals surface area contributed by atoms with E-state index in [0.29, 0.717) is 27.4 Å². The lowest BCUT2D eigenvalue weighted by molar-refractivity contribution is -0.140. The minimum Gasteiger partial charge on any atom is -0.352 e. The van der Waals surface area contributed by atoms with E-state index < -0.39 is 56.9 Å².